The van der Waals surface area contributed by atoms with Gasteiger partial charge >= 0.3 is 0 Å². The van der Waals surface area contributed by atoms with Crippen LogP contribution >= 0.6 is 0 Å². The van der Waals surface area contributed by atoms with E-state index in [9.17, 15) is 10.2 Å². The molecule has 0 aromatic heterocycles. The van der Waals surface area contributed by atoms with Gasteiger partial charge in [-0.05, 0) is 79.5 Å². The number of phenols is 1. The Kier molecular flexibility index (Phi) is 3.41. The number of aliphatic hydroxyl groups is 1. The van der Waals surface area contributed by atoms with Gasteiger partial charge in [-0.25, -0.2) is 0 Å². The number of terminal acetylenes is 1. The first-order valence-electron chi connectivity index (χ1n) is 9.03. The summed E-state index contributed by atoms with van der Waals surface area (Å²) in [6, 6.07) is 3.91. The van der Waals surface area contributed by atoms with Gasteiger partial charge in [-0.3, -0.25) is 0 Å². The molecule has 3 heteroatoms. The van der Waals surface area contributed by atoms with Crippen LogP contribution in [-0.4, -0.2) is 22.9 Å². The Labute approximate surface area is 144 Å². The maximum Gasteiger partial charge on any atom is 0.160 e. The Balaban J connectivity index is 1.73. The van der Waals surface area contributed by atoms with Crippen molar-refractivity contribution in [2.75, 3.05) is 7.11 Å². The van der Waals surface area contributed by atoms with Crippen LogP contribution in [0.2, 0.25) is 0 Å². The normalized spacial score (nSPS) is 40.2. The maximum absolute atomic E-state index is 11.0. The highest BCUT2D eigenvalue weighted by Gasteiger charge is 2.61. The van der Waals surface area contributed by atoms with Crippen LogP contribution in [0.5, 0.6) is 11.5 Å². The third kappa shape index (κ3) is 1.90. The number of aryl methyl sites for hydroxylation is 1. The van der Waals surface area contributed by atoms with Crippen molar-refractivity contribution in [2.45, 2.75) is 57.0 Å². The lowest BCUT2D eigenvalue weighted by atomic mass is 9.53. The zero-order valence-electron chi connectivity index (χ0n) is 14.5. The molecule has 2 fully saturated rings. The van der Waals surface area contributed by atoms with Gasteiger partial charge in [-0.2, -0.15) is 0 Å². The minimum Gasteiger partial charge on any atom is -0.504 e. The van der Waals surface area contributed by atoms with Gasteiger partial charge in [0.15, 0.2) is 11.5 Å². The van der Waals surface area contributed by atoms with Crippen molar-refractivity contribution >= 4 is 0 Å². The molecule has 2 N–H and O–H groups in total. The molecule has 3 aliphatic carbocycles. The van der Waals surface area contributed by atoms with E-state index in [4.69, 9.17) is 11.2 Å². The summed E-state index contributed by atoms with van der Waals surface area (Å²) in [5, 5.41) is 21.0. The van der Waals surface area contributed by atoms with Gasteiger partial charge in [0, 0.05) is 5.41 Å². The molecule has 0 amide bonds. The zero-order chi connectivity index (χ0) is 17.1. The fourth-order valence-electron chi connectivity index (χ4n) is 6.00. The van der Waals surface area contributed by atoms with E-state index in [0.29, 0.717) is 23.5 Å². The molecule has 0 aliphatic heterocycles. The average Bonchev–Trinajstić information content (AvgIpc) is 2.86. The van der Waals surface area contributed by atoms with Crippen molar-refractivity contribution in [1.82, 2.24) is 0 Å². The highest BCUT2D eigenvalue weighted by molar-refractivity contribution is 5.49. The SMILES string of the molecule is C#CC1(O)CC[C@H]2[C@@H]3CCc4cc(O)c(OC)cc4[C@H]3CC[C@@]21C. The van der Waals surface area contributed by atoms with Crippen LogP contribution in [0.1, 0.15) is 56.1 Å². The maximum atomic E-state index is 11.0. The Morgan fingerprint density at radius 2 is 2.04 bits per heavy atom. The minimum absolute atomic E-state index is 0.165. The zero-order valence-corrected chi connectivity index (χ0v) is 14.5. The predicted molar refractivity (Wildman–Crippen MR) is 93.1 cm³/mol. The summed E-state index contributed by atoms with van der Waals surface area (Å²) >= 11 is 0. The van der Waals surface area contributed by atoms with E-state index in [0.717, 1.165) is 38.5 Å². The van der Waals surface area contributed by atoms with E-state index in [-0.39, 0.29) is 11.2 Å². The van der Waals surface area contributed by atoms with E-state index >= 15 is 0 Å². The third-order valence-corrected chi connectivity index (χ3v) is 7.41. The van der Waals surface area contributed by atoms with Crippen LogP contribution in [0, 0.1) is 29.6 Å². The fraction of sp³-hybridized carbons (Fsp3) is 0.619. The van der Waals surface area contributed by atoms with Crippen LogP contribution in [0.15, 0.2) is 12.1 Å². The smallest absolute Gasteiger partial charge is 0.160 e. The lowest BCUT2D eigenvalue weighted by Gasteiger charge is -2.52. The number of methoxy groups -OCH3 is 1. The molecule has 0 spiro atoms. The van der Waals surface area contributed by atoms with E-state index in [1.165, 1.54) is 11.1 Å². The van der Waals surface area contributed by atoms with E-state index in [2.05, 4.69) is 12.8 Å². The van der Waals surface area contributed by atoms with Crippen LogP contribution in [0.4, 0.5) is 0 Å². The average molecular weight is 326 g/mol. The Morgan fingerprint density at radius 3 is 2.75 bits per heavy atom. The molecule has 0 heterocycles. The molecular formula is C21H26O3. The number of hydrogen-bond acceptors (Lipinski definition) is 3. The summed E-state index contributed by atoms with van der Waals surface area (Å²) in [7, 11) is 1.60. The quantitative estimate of drug-likeness (QED) is 0.775. The second-order valence-corrected chi connectivity index (χ2v) is 8.14. The molecule has 0 bridgehead atoms. The van der Waals surface area contributed by atoms with Crippen molar-refractivity contribution in [1.29, 1.82) is 0 Å². The van der Waals surface area contributed by atoms with Gasteiger partial charge in [-0.15, -0.1) is 6.42 Å². The lowest BCUT2D eigenvalue weighted by molar-refractivity contribution is -0.0647. The Bertz CT molecular complexity index is 719. The molecule has 1 aromatic rings. The first-order chi connectivity index (χ1) is 11.4. The Morgan fingerprint density at radius 1 is 1.25 bits per heavy atom. The molecule has 4 rings (SSSR count). The molecule has 1 unspecified atom stereocenters. The van der Waals surface area contributed by atoms with Gasteiger partial charge in [-0.1, -0.05) is 12.8 Å². The largest absolute Gasteiger partial charge is 0.504 e. The molecule has 3 aliphatic rings. The van der Waals surface area contributed by atoms with Crippen molar-refractivity contribution in [3.63, 3.8) is 0 Å². The molecule has 1 aromatic carbocycles. The van der Waals surface area contributed by atoms with Crippen molar-refractivity contribution in [3.05, 3.63) is 23.3 Å². The van der Waals surface area contributed by atoms with Gasteiger partial charge in [0.1, 0.15) is 5.60 Å². The van der Waals surface area contributed by atoms with E-state index < -0.39 is 5.60 Å². The first-order valence-corrected chi connectivity index (χ1v) is 9.03. The van der Waals surface area contributed by atoms with Gasteiger partial charge in [0.05, 0.1) is 7.11 Å². The minimum atomic E-state index is -0.949. The first kappa shape index (κ1) is 15.8. The molecule has 24 heavy (non-hydrogen) atoms. The van der Waals surface area contributed by atoms with Gasteiger partial charge in [0.25, 0.3) is 0 Å². The number of fused-ring (bicyclic) bond motifs is 5. The summed E-state index contributed by atoms with van der Waals surface area (Å²) in [6.07, 6.45) is 11.6. The highest BCUT2D eigenvalue weighted by Crippen LogP contribution is 2.64. The predicted octanol–water partition coefficient (Wildman–Crippen LogP) is 3.62. The van der Waals surface area contributed by atoms with Crippen molar-refractivity contribution in [2.24, 2.45) is 17.3 Å². The molecule has 0 saturated heterocycles. The molecule has 0 radical (unpaired) electrons. The van der Waals surface area contributed by atoms with Crippen LogP contribution in [0.25, 0.3) is 0 Å². The van der Waals surface area contributed by atoms with Gasteiger partial charge < -0.3 is 14.9 Å². The monoisotopic (exact) mass is 326 g/mol. The molecule has 3 nitrogen and oxygen atoms in total. The molecule has 5 atom stereocenters. The number of benzene rings is 1. The summed E-state index contributed by atoms with van der Waals surface area (Å²) < 4.78 is 5.33. The number of hydrogen-bond donors (Lipinski definition) is 2. The molecule has 128 valence electrons. The molecular weight excluding hydrogens is 300 g/mol. The second-order valence-electron chi connectivity index (χ2n) is 8.14. The Hall–Kier alpha value is -1.66. The number of aromatic hydroxyl groups is 1. The highest BCUT2D eigenvalue weighted by atomic mass is 16.5. The summed E-state index contributed by atoms with van der Waals surface area (Å²) in [5.74, 6) is 5.05. The van der Waals surface area contributed by atoms with E-state index in [1.807, 2.05) is 12.1 Å². The fourth-order valence-corrected chi connectivity index (χ4v) is 6.00. The second kappa shape index (κ2) is 5.17. The number of phenolic OH excluding ortho intramolecular Hbond substituents is 1. The van der Waals surface area contributed by atoms with Crippen molar-refractivity contribution in [3.8, 4) is 23.8 Å². The van der Waals surface area contributed by atoms with Gasteiger partial charge in [0.2, 0.25) is 0 Å². The van der Waals surface area contributed by atoms with Crippen LogP contribution in [-0.2, 0) is 6.42 Å². The third-order valence-electron chi connectivity index (χ3n) is 7.41. The van der Waals surface area contributed by atoms with Crippen LogP contribution in [0.3, 0.4) is 0 Å². The van der Waals surface area contributed by atoms with E-state index in [1.54, 1.807) is 7.11 Å². The summed E-state index contributed by atoms with van der Waals surface area (Å²) in [4.78, 5) is 0. The standard InChI is InChI=1S/C21H26O3/c1-4-21(23)10-8-17-15-6-5-13-11-18(22)19(24-3)12-16(13)14(15)7-9-20(17,21)2/h1,11-12,14-15,17,22-23H,5-10H2,2-3H3/t14-,15+,17-,20-,21?/m0/s1. The summed E-state index contributed by atoms with van der Waals surface area (Å²) in [6.45, 7) is 2.20. The van der Waals surface area contributed by atoms with Crippen LogP contribution < -0.4 is 4.74 Å². The molecule has 2 saturated carbocycles. The number of ether oxygens (including phenoxy) is 1. The topological polar surface area (TPSA) is 49.7 Å². The lowest BCUT2D eigenvalue weighted by Crippen LogP contribution is -2.50. The number of rotatable bonds is 1. The summed E-state index contributed by atoms with van der Waals surface area (Å²) in [5.41, 5.74) is 1.47. The van der Waals surface area contributed by atoms with Crippen molar-refractivity contribution < 1.29 is 14.9 Å².